The van der Waals surface area contributed by atoms with Crippen LogP contribution in [0.5, 0.6) is 0 Å². The van der Waals surface area contributed by atoms with Crippen molar-refractivity contribution in [1.82, 2.24) is 0 Å². The summed E-state index contributed by atoms with van der Waals surface area (Å²) in [5.74, 6) is -2.24. The van der Waals surface area contributed by atoms with Gasteiger partial charge in [-0.15, -0.1) is 13.2 Å². The first kappa shape index (κ1) is 28.2. The summed E-state index contributed by atoms with van der Waals surface area (Å²) in [5, 5.41) is 20.0. The molecular weight excluding hydrogens is 284 g/mol. The van der Waals surface area contributed by atoms with Crippen molar-refractivity contribution in [3.63, 3.8) is 0 Å². The molecule has 0 aromatic heterocycles. The Bertz CT molecular complexity index is 289. The van der Waals surface area contributed by atoms with E-state index in [1.54, 1.807) is 0 Å². The van der Waals surface area contributed by atoms with Gasteiger partial charge in [0.1, 0.15) is 0 Å². The van der Waals surface area contributed by atoms with E-state index in [4.69, 9.17) is 4.79 Å². The third-order valence-electron chi connectivity index (χ3n) is 2.24. The van der Waals surface area contributed by atoms with Crippen LogP contribution in [0.3, 0.4) is 0 Å². The van der Waals surface area contributed by atoms with Crippen molar-refractivity contribution in [1.29, 1.82) is 0 Å². The zero-order chi connectivity index (χ0) is 18.6. The second-order valence-electron chi connectivity index (χ2n) is 3.99. The molecule has 0 amide bonds. The molecule has 0 atom stereocenters. The average Bonchev–Trinajstić information content (AvgIpc) is 2.54. The summed E-state index contributed by atoms with van der Waals surface area (Å²) >= 11 is 0. The molecule has 0 rings (SSSR count). The van der Waals surface area contributed by atoms with E-state index in [9.17, 15) is 19.8 Å². The number of carboxylic acids is 2. The third kappa shape index (κ3) is 26.5. The maximum absolute atomic E-state index is 9.99. The normalized spacial score (nSPS) is 7.82. The first-order chi connectivity index (χ1) is 10.4. The Morgan fingerprint density at radius 2 is 1.05 bits per heavy atom. The van der Waals surface area contributed by atoms with Crippen LogP contribution in [-0.2, 0) is 14.4 Å². The number of unbranched alkanes of at least 4 members (excludes halogenated alkanes) is 2. The predicted molar refractivity (Wildman–Crippen MR) is 84.3 cm³/mol. The van der Waals surface area contributed by atoms with Gasteiger partial charge in [-0.05, 0) is 36.8 Å². The van der Waals surface area contributed by atoms with E-state index in [0.29, 0.717) is 12.8 Å². The molecular formula is C17H26O5. The summed E-state index contributed by atoms with van der Waals surface area (Å²) in [7, 11) is 0. The minimum absolute atomic E-state index is 0.205. The molecule has 0 aromatic carbocycles. The predicted octanol–water partition coefficient (Wildman–Crippen LogP) is 1.37. The van der Waals surface area contributed by atoms with Crippen molar-refractivity contribution in [2.24, 2.45) is 0 Å². The van der Waals surface area contributed by atoms with E-state index in [1.165, 1.54) is 0 Å². The van der Waals surface area contributed by atoms with Crippen LogP contribution in [0.1, 0.15) is 52.4 Å². The Morgan fingerprint density at radius 3 is 1.18 bits per heavy atom. The van der Waals surface area contributed by atoms with E-state index in [2.05, 4.69) is 33.1 Å². The van der Waals surface area contributed by atoms with Gasteiger partial charge >= 0.3 is 11.6 Å². The molecule has 0 heterocycles. The second kappa shape index (κ2) is 24.0. The molecule has 0 saturated heterocycles. The number of hydrogen-bond donors (Lipinski definition) is 0. The number of rotatable bonds is 8. The topological polar surface area (TPSA) is 97.3 Å². The molecule has 124 valence electrons. The van der Waals surface area contributed by atoms with Crippen LogP contribution in [0, 0.1) is 0 Å². The Labute approximate surface area is 134 Å². The first-order valence-electron chi connectivity index (χ1n) is 6.85. The Balaban J connectivity index is -0.000000120. The summed E-state index contributed by atoms with van der Waals surface area (Å²) in [4.78, 5) is 27.5. The third-order valence-corrected chi connectivity index (χ3v) is 2.24. The summed E-state index contributed by atoms with van der Waals surface area (Å²) in [5.41, 5.74) is 0.411. The Hall–Kier alpha value is -2.04. The Kier molecular flexibility index (Phi) is 30.7. The zero-order valence-corrected chi connectivity index (χ0v) is 13.6. The average molecular weight is 310 g/mol. The summed E-state index contributed by atoms with van der Waals surface area (Å²) in [6.07, 6.45) is 4.86. The fraction of sp³-hybridized carbons (Fsp3) is 0.471. The van der Waals surface area contributed by atoms with Crippen molar-refractivity contribution in [3.05, 3.63) is 37.5 Å². The van der Waals surface area contributed by atoms with Gasteiger partial charge in [-0.2, -0.15) is 0 Å². The van der Waals surface area contributed by atoms with E-state index in [-0.39, 0.29) is 11.1 Å². The summed E-state index contributed by atoms with van der Waals surface area (Å²) < 4.78 is 0. The molecule has 0 radical (unpaired) electrons. The van der Waals surface area contributed by atoms with Gasteiger partial charge in [0.25, 0.3) is 0 Å². The Morgan fingerprint density at radius 1 is 0.818 bits per heavy atom. The first-order valence-corrected chi connectivity index (χ1v) is 6.85. The molecule has 22 heavy (non-hydrogen) atoms. The van der Waals surface area contributed by atoms with E-state index < -0.39 is 11.9 Å². The van der Waals surface area contributed by atoms with Crippen LogP contribution in [0.25, 0.3) is 0 Å². The monoisotopic (exact) mass is 310 g/mol. The molecule has 0 bridgehead atoms. The fourth-order valence-corrected chi connectivity index (χ4v) is 0.984. The molecule has 0 N–H and O–H groups in total. The molecule has 0 aromatic rings. The second-order valence-corrected chi connectivity index (χ2v) is 3.99. The molecule has 0 spiro atoms. The van der Waals surface area contributed by atoms with Crippen LogP contribution < -0.4 is 10.2 Å². The molecule has 0 saturated carbocycles. The van der Waals surface area contributed by atoms with Gasteiger partial charge < -0.3 is 19.8 Å². The van der Waals surface area contributed by atoms with Gasteiger partial charge in [0.15, 0.2) is 0 Å². The number of carbonyl (C=O) groups excluding carboxylic acids is 3. The molecule has 5 heteroatoms. The van der Waals surface area contributed by atoms with Crippen molar-refractivity contribution < 1.29 is 24.6 Å². The van der Waals surface area contributed by atoms with E-state index in [0.717, 1.165) is 25.7 Å². The van der Waals surface area contributed by atoms with Crippen molar-refractivity contribution in [2.45, 2.75) is 52.4 Å². The number of aliphatic carboxylic acids is 2. The molecule has 5 nitrogen and oxygen atoms in total. The number of carbonyl (C=O) groups is 2. The van der Waals surface area contributed by atoms with Crippen molar-refractivity contribution >= 4 is 18.7 Å². The van der Waals surface area contributed by atoms with Gasteiger partial charge in [-0.3, -0.25) is 0 Å². The maximum atomic E-state index is 9.99. The van der Waals surface area contributed by atoms with E-state index in [1.807, 2.05) is 13.8 Å². The van der Waals surface area contributed by atoms with Crippen LogP contribution >= 0.6 is 0 Å². The van der Waals surface area contributed by atoms with Gasteiger partial charge in [0, 0.05) is 0 Å². The van der Waals surface area contributed by atoms with Gasteiger partial charge in [0.2, 0.25) is 0 Å². The minimum atomic E-state index is -1.12. The summed E-state index contributed by atoms with van der Waals surface area (Å²) in [6, 6.07) is 0. The van der Waals surface area contributed by atoms with Crippen LogP contribution in [-0.4, -0.2) is 18.7 Å². The van der Waals surface area contributed by atoms with E-state index >= 15 is 0 Å². The van der Waals surface area contributed by atoms with Crippen molar-refractivity contribution in [3.8, 4) is 0 Å². The molecule has 0 aliphatic heterocycles. The molecule has 0 aliphatic rings. The standard InChI is InChI=1S/2C7H12O2.C2H4.CO/c2*1-3-4-5-6(2)7(8)9;2*1-2/h2*2-5H2,1H3,(H,8,9);1-2H2;/q;;;+2/p-2. The SMILES string of the molecule is C=C.C=C(CCCC)C(=O)[O-].C=C(CCCC)C(=O)[O-].[C+2]=O. The van der Waals surface area contributed by atoms with Gasteiger partial charge in [0.05, 0.1) is 11.9 Å². The van der Waals surface area contributed by atoms with Gasteiger partial charge in [-0.25, -0.2) is 0 Å². The van der Waals surface area contributed by atoms with Crippen molar-refractivity contribution in [2.75, 3.05) is 0 Å². The summed E-state index contributed by atoms with van der Waals surface area (Å²) in [6.45, 7) is 21.2. The zero-order valence-electron chi connectivity index (χ0n) is 13.6. The van der Waals surface area contributed by atoms with Crippen LogP contribution in [0.4, 0.5) is 0 Å². The molecule has 0 fully saturated rings. The fourth-order valence-electron chi connectivity index (χ4n) is 0.984. The number of hydrogen-bond acceptors (Lipinski definition) is 5. The molecule has 0 unspecified atom stereocenters. The molecule has 0 aliphatic carbocycles. The quantitative estimate of drug-likeness (QED) is 0.498. The number of carboxylic acid groups (broad SMARTS) is 2. The van der Waals surface area contributed by atoms with Gasteiger partial charge in [-0.1, -0.05) is 39.8 Å². The van der Waals surface area contributed by atoms with Crippen LogP contribution in [0.15, 0.2) is 37.5 Å². The van der Waals surface area contributed by atoms with Crippen LogP contribution in [0.2, 0.25) is 0 Å².